The molecule has 23 heavy (non-hydrogen) atoms. The molecule has 0 aliphatic heterocycles. The van der Waals surface area contributed by atoms with Gasteiger partial charge >= 0.3 is 21.0 Å². The van der Waals surface area contributed by atoms with Crippen LogP contribution in [-0.4, -0.2) is 53.3 Å². The van der Waals surface area contributed by atoms with Gasteiger partial charge in [0.1, 0.15) is 0 Å². The summed E-state index contributed by atoms with van der Waals surface area (Å²) in [5.41, 5.74) is 0. The molecule has 0 aliphatic carbocycles. The minimum Gasteiger partial charge on any atom is -0.465 e. The lowest BCUT2D eigenvalue weighted by Crippen LogP contribution is -2.46. The van der Waals surface area contributed by atoms with Crippen LogP contribution >= 0.6 is 11.6 Å². The van der Waals surface area contributed by atoms with Crippen LogP contribution in [0.25, 0.3) is 0 Å². The Hall–Kier alpha value is -0.353. The van der Waals surface area contributed by atoms with E-state index in [0.29, 0.717) is 25.9 Å². The molecule has 0 N–H and O–H groups in total. The van der Waals surface area contributed by atoms with E-state index in [0.717, 1.165) is 0 Å². The normalized spacial score (nSPS) is 13.9. The van der Waals surface area contributed by atoms with Crippen LogP contribution in [-0.2, 0) is 22.8 Å². The first kappa shape index (κ1) is 22.6. The Morgan fingerprint density at radius 1 is 1.09 bits per heavy atom. The molecule has 0 aromatic rings. The maximum atomic E-state index is 12.5. The monoisotopic (exact) mass is 380 g/mol. The minimum atomic E-state index is -4.71. The summed E-state index contributed by atoms with van der Waals surface area (Å²) in [7, 11) is -2.88. The van der Waals surface area contributed by atoms with E-state index in [2.05, 4.69) is 4.74 Å². The van der Waals surface area contributed by atoms with Crippen LogP contribution in [0.4, 0.5) is 13.2 Å². The molecule has 0 radical (unpaired) electrons. The molecular weight excluding hydrogens is 357 g/mol. The van der Waals surface area contributed by atoms with Crippen molar-refractivity contribution in [1.29, 1.82) is 0 Å². The first-order valence-corrected chi connectivity index (χ1v) is 9.94. The molecule has 1 unspecified atom stereocenters. The van der Waals surface area contributed by atoms with Gasteiger partial charge in [0.2, 0.25) is 0 Å². The zero-order valence-corrected chi connectivity index (χ0v) is 15.3. The number of carbonyl (C=O) groups is 1. The fraction of sp³-hybridized carbons (Fsp3) is 0.923. The lowest BCUT2D eigenvalue weighted by atomic mass is 10.2. The molecule has 138 valence electrons. The third-order valence-corrected chi connectivity index (χ3v) is 6.26. The van der Waals surface area contributed by atoms with E-state index >= 15 is 0 Å². The van der Waals surface area contributed by atoms with Gasteiger partial charge in [-0.25, -0.2) is 0 Å². The van der Waals surface area contributed by atoms with Gasteiger partial charge in [0.05, 0.1) is 6.61 Å². The fourth-order valence-electron chi connectivity index (χ4n) is 1.85. The minimum absolute atomic E-state index is 0.176. The highest BCUT2D eigenvalue weighted by Gasteiger charge is 2.45. The molecule has 0 aromatic heterocycles. The van der Waals surface area contributed by atoms with Crippen LogP contribution in [0.3, 0.4) is 0 Å². The predicted molar refractivity (Wildman–Crippen MR) is 81.3 cm³/mol. The second-order valence-electron chi connectivity index (χ2n) is 4.50. The summed E-state index contributed by atoms with van der Waals surface area (Å²) in [6, 6.07) is 0.355. The van der Waals surface area contributed by atoms with Crippen molar-refractivity contribution in [1.82, 2.24) is 0 Å². The summed E-state index contributed by atoms with van der Waals surface area (Å²) in [6.45, 7) is 6.41. The number of alkyl halides is 4. The van der Waals surface area contributed by atoms with Crippen LogP contribution in [0, 0.1) is 5.92 Å². The average molecular weight is 381 g/mol. The van der Waals surface area contributed by atoms with Crippen molar-refractivity contribution < 1.29 is 36.0 Å². The predicted octanol–water partition coefficient (Wildman–Crippen LogP) is 3.39. The summed E-state index contributed by atoms with van der Waals surface area (Å²) in [4.78, 5) is 11.4. The molecule has 0 saturated carbocycles. The van der Waals surface area contributed by atoms with Gasteiger partial charge in [0.15, 0.2) is 5.92 Å². The van der Waals surface area contributed by atoms with Gasteiger partial charge in [-0.05, 0) is 27.2 Å². The number of rotatable bonds is 12. The summed E-state index contributed by atoms with van der Waals surface area (Å²) in [5, 5.41) is 0. The van der Waals surface area contributed by atoms with Crippen molar-refractivity contribution in [3.63, 3.8) is 0 Å². The van der Waals surface area contributed by atoms with E-state index in [-0.39, 0.29) is 13.0 Å². The van der Waals surface area contributed by atoms with E-state index < -0.39 is 32.7 Å². The van der Waals surface area contributed by atoms with Crippen molar-refractivity contribution in [2.24, 2.45) is 5.92 Å². The van der Waals surface area contributed by atoms with Crippen LogP contribution in [0.5, 0.6) is 0 Å². The van der Waals surface area contributed by atoms with Gasteiger partial charge in [0, 0.05) is 31.7 Å². The Labute approximate surface area is 140 Å². The molecule has 0 saturated heterocycles. The highest BCUT2D eigenvalue weighted by Crippen LogP contribution is 2.28. The molecule has 0 fully saturated rings. The smallest absolute Gasteiger partial charge is 0.465 e. The molecular formula is C13H24ClF3O5Si. The second-order valence-corrected chi connectivity index (χ2v) is 7.54. The number of ether oxygens (including phenoxy) is 1. The zero-order chi connectivity index (χ0) is 17.9. The number of hydrogen-bond donors (Lipinski definition) is 0. The molecule has 1 atom stereocenters. The van der Waals surface area contributed by atoms with Crippen molar-refractivity contribution >= 4 is 26.4 Å². The molecule has 10 heteroatoms. The van der Waals surface area contributed by atoms with Crippen LogP contribution in [0.1, 0.15) is 27.2 Å². The number of hydrogen-bond acceptors (Lipinski definition) is 5. The van der Waals surface area contributed by atoms with Gasteiger partial charge in [-0.3, -0.25) is 4.79 Å². The Bertz CT molecular complexity index is 327. The van der Waals surface area contributed by atoms with E-state index in [1.807, 2.05) is 0 Å². The summed E-state index contributed by atoms with van der Waals surface area (Å²) < 4.78 is 59.0. The molecule has 0 aliphatic rings. The highest BCUT2D eigenvalue weighted by atomic mass is 35.5. The van der Waals surface area contributed by atoms with Crippen molar-refractivity contribution in [3.05, 3.63) is 0 Å². The first-order valence-electron chi connectivity index (χ1n) is 7.47. The molecule has 5 nitrogen and oxygen atoms in total. The van der Waals surface area contributed by atoms with Gasteiger partial charge in [0.25, 0.3) is 0 Å². The average Bonchev–Trinajstić information content (AvgIpc) is 2.44. The van der Waals surface area contributed by atoms with E-state index in [4.69, 9.17) is 24.9 Å². The number of esters is 1. The molecule has 0 rings (SSSR count). The van der Waals surface area contributed by atoms with E-state index in [1.54, 1.807) is 20.8 Å². The Morgan fingerprint density at radius 3 is 1.91 bits per heavy atom. The van der Waals surface area contributed by atoms with Gasteiger partial charge < -0.3 is 18.0 Å². The Kier molecular flexibility index (Phi) is 11.1. The maximum absolute atomic E-state index is 12.5. The van der Waals surface area contributed by atoms with Crippen LogP contribution in [0.2, 0.25) is 6.04 Å². The lowest BCUT2D eigenvalue weighted by molar-refractivity contribution is -0.193. The molecule has 0 spiro atoms. The lowest BCUT2D eigenvalue weighted by Gasteiger charge is -2.28. The van der Waals surface area contributed by atoms with Gasteiger partial charge in [-0.15, -0.1) is 11.6 Å². The molecule has 0 bridgehead atoms. The standard InChI is InChI=1S/C13H24ClF3O5Si/c1-4-20-23(21-5-2,22-6-3)9-7-8-19-12(18)11(10-14)13(15,16)17/h11H,4-10H2,1-3H3. The van der Waals surface area contributed by atoms with Gasteiger partial charge in [-0.1, -0.05) is 0 Å². The van der Waals surface area contributed by atoms with Crippen molar-refractivity contribution in [3.8, 4) is 0 Å². The zero-order valence-electron chi connectivity index (χ0n) is 13.6. The quantitative estimate of drug-likeness (QED) is 0.225. The van der Waals surface area contributed by atoms with Crippen molar-refractivity contribution in [2.75, 3.05) is 32.3 Å². The summed E-state index contributed by atoms with van der Waals surface area (Å²) in [6.07, 6.45) is -4.43. The van der Waals surface area contributed by atoms with Gasteiger partial charge in [-0.2, -0.15) is 13.2 Å². The fourth-order valence-corrected chi connectivity index (χ4v) is 4.73. The van der Waals surface area contributed by atoms with E-state index in [9.17, 15) is 18.0 Å². The van der Waals surface area contributed by atoms with Crippen LogP contribution < -0.4 is 0 Å². The van der Waals surface area contributed by atoms with Crippen molar-refractivity contribution in [2.45, 2.75) is 39.4 Å². The SMILES string of the molecule is CCO[Si](CCCOC(=O)C(CCl)C(F)(F)F)(OCC)OCC. The molecule has 0 aromatic carbocycles. The first-order chi connectivity index (χ1) is 10.8. The summed E-state index contributed by atoms with van der Waals surface area (Å²) >= 11 is 5.18. The number of carbonyl (C=O) groups excluding carboxylic acids is 1. The molecule has 0 amide bonds. The third-order valence-electron chi connectivity index (χ3n) is 2.80. The maximum Gasteiger partial charge on any atom is 0.501 e. The Balaban J connectivity index is 4.46. The largest absolute Gasteiger partial charge is 0.501 e. The molecule has 0 heterocycles. The summed E-state index contributed by atoms with van der Waals surface area (Å²) in [5.74, 6) is -4.54. The van der Waals surface area contributed by atoms with Crippen LogP contribution in [0.15, 0.2) is 0 Å². The topological polar surface area (TPSA) is 54.0 Å². The number of halogens is 4. The Morgan fingerprint density at radius 2 is 1.57 bits per heavy atom. The van der Waals surface area contributed by atoms with E-state index in [1.165, 1.54) is 0 Å². The second kappa shape index (κ2) is 11.2. The highest BCUT2D eigenvalue weighted by molar-refractivity contribution is 6.60. The third kappa shape index (κ3) is 8.34.